The van der Waals surface area contributed by atoms with Gasteiger partial charge in [-0.2, -0.15) is 0 Å². The summed E-state index contributed by atoms with van der Waals surface area (Å²) in [6.07, 6.45) is 0.743. The third kappa shape index (κ3) is 2.65. The number of hydrogen-bond acceptors (Lipinski definition) is 3. The topological polar surface area (TPSA) is 32.3 Å². The first-order chi connectivity index (χ1) is 7.79. The van der Waals surface area contributed by atoms with Crippen molar-refractivity contribution < 1.29 is 4.79 Å². The van der Waals surface area contributed by atoms with Gasteiger partial charge in [-0.05, 0) is 29.7 Å². The minimum Gasteiger partial charge on any atom is -0.351 e. The Bertz CT molecular complexity index is 380. The maximum absolute atomic E-state index is 10.4. The summed E-state index contributed by atoms with van der Waals surface area (Å²) in [5.41, 5.74) is 1.07. The zero-order chi connectivity index (χ0) is 11.4. The van der Waals surface area contributed by atoms with Crippen LogP contribution in [0.4, 0.5) is 0 Å². The highest BCUT2D eigenvalue weighted by atomic mass is 32.2. The van der Waals surface area contributed by atoms with Gasteiger partial charge in [-0.15, -0.1) is 0 Å². The first-order valence-corrected chi connectivity index (χ1v) is 5.92. The second-order valence-electron chi connectivity index (χ2n) is 3.72. The quantitative estimate of drug-likeness (QED) is 0.489. The van der Waals surface area contributed by atoms with Crippen LogP contribution in [0.25, 0.3) is 0 Å². The Morgan fingerprint density at radius 1 is 1.44 bits per heavy atom. The molecule has 0 spiro atoms. The Balaban J connectivity index is 1.94. The Morgan fingerprint density at radius 2 is 2.19 bits per heavy atom. The molecule has 1 aliphatic heterocycles. The molecule has 1 aliphatic rings. The summed E-state index contributed by atoms with van der Waals surface area (Å²) in [6.45, 7) is 5.61. The third-order valence-corrected chi connectivity index (χ3v) is 3.52. The van der Waals surface area contributed by atoms with E-state index in [-0.39, 0.29) is 6.04 Å². The predicted molar refractivity (Wildman–Crippen MR) is 66.0 cm³/mol. The normalized spacial score (nSPS) is 21.0. The molecule has 1 heterocycles. The van der Waals surface area contributed by atoms with E-state index < -0.39 is 0 Å². The summed E-state index contributed by atoms with van der Waals surface area (Å²) in [7, 11) is 0. The third-order valence-electron chi connectivity index (χ3n) is 2.51. The largest absolute Gasteiger partial charge is 0.351 e. The number of hydrogen-bond donors (Lipinski definition) is 1. The van der Waals surface area contributed by atoms with Crippen molar-refractivity contribution in [2.75, 3.05) is 13.1 Å². The molecule has 4 heteroatoms. The van der Waals surface area contributed by atoms with E-state index in [1.54, 1.807) is 11.9 Å². The minimum absolute atomic E-state index is 0.0914. The van der Waals surface area contributed by atoms with Gasteiger partial charge in [0.1, 0.15) is 0 Å². The van der Waals surface area contributed by atoms with Gasteiger partial charge in [0.25, 0.3) is 0 Å². The molecule has 0 aromatic heterocycles. The van der Waals surface area contributed by atoms with Crippen LogP contribution in [-0.2, 0) is 4.79 Å². The Kier molecular flexibility index (Phi) is 3.64. The summed E-state index contributed by atoms with van der Waals surface area (Å²) in [6, 6.07) is 10.3. The monoisotopic (exact) mass is 234 g/mol. The molecule has 0 bridgehead atoms. The summed E-state index contributed by atoms with van der Waals surface area (Å²) in [4.78, 5) is 11.6. The average Bonchev–Trinajstić information content (AvgIpc) is 2.61. The first-order valence-electron chi connectivity index (χ1n) is 5.15. The standard InChI is InChI=1S/C12H14N2OS/c1-10-7-14(8-12(10)13-9-15)16-11-5-3-2-4-6-11/h2-6,9,12H,1,7-8H2,(H,13,15). The van der Waals surface area contributed by atoms with E-state index in [9.17, 15) is 4.79 Å². The molecular weight excluding hydrogens is 220 g/mol. The van der Waals surface area contributed by atoms with Crippen LogP contribution >= 0.6 is 11.9 Å². The number of nitrogens with one attached hydrogen (secondary N) is 1. The van der Waals surface area contributed by atoms with E-state index in [1.165, 1.54) is 4.90 Å². The highest BCUT2D eigenvalue weighted by molar-refractivity contribution is 7.97. The van der Waals surface area contributed by atoms with Crippen LogP contribution in [0.2, 0.25) is 0 Å². The van der Waals surface area contributed by atoms with Crippen molar-refractivity contribution in [1.29, 1.82) is 0 Å². The number of rotatable bonds is 4. The summed E-state index contributed by atoms with van der Waals surface area (Å²) < 4.78 is 2.21. The maximum Gasteiger partial charge on any atom is 0.207 e. The molecule has 0 radical (unpaired) electrons. The lowest BCUT2D eigenvalue weighted by molar-refractivity contribution is -0.109. The molecule has 1 fully saturated rings. The number of carbonyl (C=O) groups excluding carboxylic acids is 1. The Labute approximate surface area is 99.7 Å². The summed E-state index contributed by atoms with van der Waals surface area (Å²) in [5.74, 6) is 0. The van der Waals surface area contributed by atoms with Gasteiger partial charge in [0, 0.05) is 18.0 Å². The van der Waals surface area contributed by atoms with E-state index in [0.717, 1.165) is 25.1 Å². The van der Waals surface area contributed by atoms with Gasteiger partial charge in [-0.3, -0.25) is 4.79 Å². The smallest absolute Gasteiger partial charge is 0.207 e. The molecule has 1 amide bonds. The average molecular weight is 234 g/mol. The summed E-state index contributed by atoms with van der Waals surface area (Å²) in [5, 5.41) is 2.77. The van der Waals surface area contributed by atoms with Crippen LogP contribution in [0.3, 0.4) is 0 Å². The van der Waals surface area contributed by atoms with Crippen LogP contribution in [0.5, 0.6) is 0 Å². The minimum atomic E-state index is 0.0914. The van der Waals surface area contributed by atoms with E-state index in [2.05, 4.69) is 28.3 Å². The van der Waals surface area contributed by atoms with Crippen molar-refractivity contribution in [3.63, 3.8) is 0 Å². The molecule has 1 N–H and O–H groups in total. The van der Waals surface area contributed by atoms with Crippen molar-refractivity contribution in [2.24, 2.45) is 0 Å². The van der Waals surface area contributed by atoms with Crippen molar-refractivity contribution in [3.8, 4) is 0 Å². The Morgan fingerprint density at radius 3 is 2.88 bits per heavy atom. The lowest BCUT2D eigenvalue weighted by Gasteiger charge is -2.13. The number of amides is 1. The molecule has 3 nitrogen and oxygen atoms in total. The molecule has 2 rings (SSSR count). The number of benzene rings is 1. The molecule has 16 heavy (non-hydrogen) atoms. The second kappa shape index (κ2) is 5.18. The fourth-order valence-corrected chi connectivity index (χ4v) is 2.72. The predicted octanol–water partition coefficient (Wildman–Crippen LogP) is 1.68. The van der Waals surface area contributed by atoms with Gasteiger partial charge in [-0.1, -0.05) is 24.8 Å². The van der Waals surface area contributed by atoms with E-state index in [0.29, 0.717) is 0 Å². The summed E-state index contributed by atoms with van der Waals surface area (Å²) >= 11 is 1.70. The fourth-order valence-electron chi connectivity index (χ4n) is 1.69. The maximum atomic E-state index is 10.4. The van der Waals surface area contributed by atoms with Crippen LogP contribution in [0.1, 0.15) is 0 Å². The van der Waals surface area contributed by atoms with Gasteiger partial charge in [0.05, 0.1) is 6.04 Å². The molecule has 1 saturated heterocycles. The zero-order valence-electron chi connectivity index (χ0n) is 8.93. The van der Waals surface area contributed by atoms with Crippen molar-refractivity contribution in [3.05, 3.63) is 42.5 Å². The van der Waals surface area contributed by atoms with Gasteiger partial charge >= 0.3 is 0 Å². The zero-order valence-corrected chi connectivity index (χ0v) is 9.74. The highest BCUT2D eigenvalue weighted by Gasteiger charge is 2.25. The molecule has 1 aromatic rings. The molecule has 1 atom stereocenters. The molecule has 84 valence electrons. The molecule has 1 aromatic carbocycles. The molecule has 0 aliphatic carbocycles. The van der Waals surface area contributed by atoms with Crippen LogP contribution in [0.15, 0.2) is 47.4 Å². The lowest BCUT2D eigenvalue weighted by Crippen LogP contribution is -2.30. The van der Waals surface area contributed by atoms with E-state index in [1.807, 2.05) is 18.2 Å². The SMILES string of the molecule is C=C1CN(Sc2ccccc2)CC1NC=O. The van der Waals surface area contributed by atoms with Crippen molar-refractivity contribution >= 4 is 18.4 Å². The van der Waals surface area contributed by atoms with Crippen molar-refractivity contribution in [1.82, 2.24) is 9.62 Å². The fraction of sp³-hybridized carbons (Fsp3) is 0.250. The van der Waals surface area contributed by atoms with Crippen molar-refractivity contribution in [2.45, 2.75) is 10.9 Å². The van der Waals surface area contributed by atoms with Crippen LogP contribution in [0, 0.1) is 0 Å². The highest BCUT2D eigenvalue weighted by Crippen LogP contribution is 2.28. The van der Waals surface area contributed by atoms with Crippen LogP contribution in [-0.4, -0.2) is 29.8 Å². The van der Waals surface area contributed by atoms with Gasteiger partial charge in [0.2, 0.25) is 6.41 Å². The van der Waals surface area contributed by atoms with Crippen LogP contribution < -0.4 is 5.32 Å². The van der Waals surface area contributed by atoms with E-state index in [4.69, 9.17) is 0 Å². The number of carbonyl (C=O) groups is 1. The number of nitrogens with zero attached hydrogens (tertiary/aromatic N) is 1. The second-order valence-corrected chi connectivity index (χ2v) is 4.89. The molecular formula is C12H14N2OS. The lowest BCUT2D eigenvalue weighted by atomic mass is 10.2. The van der Waals surface area contributed by atoms with Gasteiger partial charge < -0.3 is 5.32 Å². The van der Waals surface area contributed by atoms with E-state index >= 15 is 0 Å². The molecule has 0 saturated carbocycles. The first kappa shape index (κ1) is 11.2. The van der Waals surface area contributed by atoms with Gasteiger partial charge in [-0.25, -0.2) is 4.31 Å². The van der Waals surface area contributed by atoms with Gasteiger partial charge in [0.15, 0.2) is 0 Å². The molecule has 1 unspecified atom stereocenters. The Hall–Kier alpha value is -1.26.